The van der Waals surface area contributed by atoms with Crippen molar-refractivity contribution in [1.82, 2.24) is 23.6 Å². The average Bonchev–Trinajstić information content (AvgIpc) is 3.19. The van der Waals surface area contributed by atoms with E-state index in [-0.39, 0.29) is 23.3 Å². The Bertz CT molecular complexity index is 1500. The van der Waals surface area contributed by atoms with Gasteiger partial charge in [0.1, 0.15) is 4.83 Å². The Balaban J connectivity index is 1.60. The van der Waals surface area contributed by atoms with E-state index in [1.807, 2.05) is 18.2 Å². The average molecular weight is 479 g/mol. The molecule has 3 aromatic heterocycles. The number of nitrogens with zero attached hydrogens (tertiary/aromatic N) is 5. The largest absolute Gasteiger partial charge is 0.332 e. The van der Waals surface area contributed by atoms with Crippen LogP contribution in [0.4, 0.5) is 0 Å². The maximum Gasteiger partial charge on any atom is 0.332 e. The minimum absolute atomic E-state index is 0.142. The van der Waals surface area contributed by atoms with Crippen LogP contribution in [0.1, 0.15) is 36.5 Å². The molecule has 0 spiro atoms. The smallest absolute Gasteiger partial charge is 0.280 e. The van der Waals surface area contributed by atoms with Gasteiger partial charge in [0.2, 0.25) is 0 Å². The number of aryl methyl sites for hydroxylation is 1. The molecule has 0 unspecified atom stereocenters. The Kier molecular flexibility index (Phi) is 5.48. The highest BCUT2D eigenvalue weighted by atomic mass is 32.2. The Morgan fingerprint density at radius 2 is 1.91 bits per heavy atom. The molecule has 1 aromatic carbocycles. The predicted octanol–water partition coefficient (Wildman–Crippen LogP) is 3.08. The van der Waals surface area contributed by atoms with E-state index in [0.29, 0.717) is 22.3 Å². The van der Waals surface area contributed by atoms with Gasteiger partial charge in [-0.2, -0.15) is 10.4 Å². The molecule has 5 rings (SSSR count). The summed E-state index contributed by atoms with van der Waals surface area (Å²) in [4.78, 5) is 27.5. The maximum absolute atomic E-state index is 13.5. The van der Waals surface area contributed by atoms with Crippen LogP contribution in [0.15, 0.2) is 56.5 Å². The van der Waals surface area contributed by atoms with Crippen molar-refractivity contribution in [2.24, 2.45) is 7.05 Å². The van der Waals surface area contributed by atoms with Gasteiger partial charge in [-0.15, -0.1) is 11.3 Å². The lowest BCUT2D eigenvalue weighted by molar-refractivity contribution is 0.637. The number of aromatic nitrogens is 4. The molecule has 0 aliphatic heterocycles. The van der Waals surface area contributed by atoms with Crippen LogP contribution in [0.2, 0.25) is 0 Å². The lowest BCUT2D eigenvalue weighted by atomic mass is 10.1. The third-order valence-electron chi connectivity index (χ3n) is 5.79. The molecule has 0 amide bonds. The summed E-state index contributed by atoms with van der Waals surface area (Å²) < 4.78 is 9.00. The molecule has 10 heteroatoms. The Labute approximate surface area is 198 Å². The fourth-order valence-corrected chi connectivity index (χ4v) is 5.71. The van der Waals surface area contributed by atoms with E-state index in [0.717, 1.165) is 28.2 Å². The van der Waals surface area contributed by atoms with Gasteiger partial charge in [0.15, 0.2) is 0 Å². The van der Waals surface area contributed by atoms with Crippen LogP contribution in [0.5, 0.6) is 0 Å². The van der Waals surface area contributed by atoms with Crippen molar-refractivity contribution in [3.8, 4) is 6.07 Å². The summed E-state index contributed by atoms with van der Waals surface area (Å²) in [7, 11) is 1.80. The van der Waals surface area contributed by atoms with Gasteiger partial charge in [-0.25, -0.2) is 4.79 Å². The second-order valence-electron chi connectivity index (χ2n) is 8.64. The highest BCUT2D eigenvalue weighted by molar-refractivity contribution is 7.99. The lowest BCUT2D eigenvalue weighted by Gasteiger charge is -2.12. The molecule has 1 saturated carbocycles. The molecule has 0 atom stereocenters. The zero-order valence-corrected chi connectivity index (χ0v) is 19.9. The summed E-state index contributed by atoms with van der Waals surface area (Å²) in [6, 6.07) is 11.1. The number of thiophene rings is 1. The number of benzene rings is 1. The number of hydrogen-bond acceptors (Lipinski definition) is 7. The third-order valence-corrected chi connectivity index (χ3v) is 8.16. The molecule has 1 N–H and O–H groups in total. The van der Waals surface area contributed by atoms with Crippen molar-refractivity contribution < 1.29 is 0 Å². The summed E-state index contributed by atoms with van der Waals surface area (Å²) in [6.45, 7) is 2.64. The van der Waals surface area contributed by atoms with Gasteiger partial charge < -0.3 is 0 Å². The second-order valence-corrected chi connectivity index (χ2v) is 10.8. The van der Waals surface area contributed by atoms with Crippen LogP contribution in [-0.4, -0.2) is 24.5 Å². The van der Waals surface area contributed by atoms with Gasteiger partial charge in [-0.05, 0) is 55.5 Å². The summed E-state index contributed by atoms with van der Waals surface area (Å²) in [5.41, 5.74) is 1.72. The van der Waals surface area contributed by atoms with Gasteiger partial charge in [0, 0.05) is 24.3 Å². The highest BCUT2D eigenvalue weighted by Crippen LogP contribution is 2.39. The van der Waals surface area contributed by atoms with Crippen molar-refractivity contribution in [3.05, 3.63) is 80.3 Å². The van der Waals surface area contributed by atoms with Crippen LogP contribution < -0.4 is 16.0 Å². The molecule has 0 bridgehead atoms. The number of rotatable bonds is 7. The Morgan fingerprint density at radius 1 is 1.18 bits per heavy atom. The first-order valence-electron chi connectivity index (χ1n) is 10.5. The van der Waals surface area contributed by atoms with E-state index in [1.54, 1.807) is 40.8 Å². The monoisotopic (exact) mass is 478 g/mol. The van der Waals surface area contributed by atoms with Gasteiger partial charge in [-0.3, -0.25) is 23.3 Å². The predicted molar refractivity (Wildman–Crippen MR) is 130 cm³/mol. The molecule has 33 heavy (non-hydrogen) atoms. The van der Waals surface area contributed by atoms with E-state index in [1.165, 1.54) is 27.9 Å². The van der Waals surface area contributed by atoms with Gasteiger partial charge in [0.25, 0.3) is 5.56 Å². The van der Waals surface area contributed by atoms with Crippen LogP contribution in [0, 0.1) is 11.3 Å². The summed E-state index contributed by atoms with van der Waals surface area (Å²) in [5.74, 6) is 0. The quantitative estimate of drug-likeness (QED) is 0.410. The topological polar surface area (TPSA) is 97.6 Å². The summed E-state index contributed by atoms with van der Waals surface area (Å²) in [6.07, 6.45) is 5.73. The van der Waals surface area contributed by atoms with Crippen LogP contribution in [0.25, 0.3) is 10.2 Å². The molecule has 4 aromatic rings. The van der Waals surface area contributed by atoms with E-state index in [9.17, 15) is 9.59 Å². The fraction of sp³-hybridized carbons (Fsp3) is 0.304. The van der Waals surface area contributed by atoms with Gasteiger partial charge >= 0.3 is 5.69 Å². The molecule has 1 aliphatic rings. The lowest BCUT2D eigenvalue weighted by Crippen LogP contribution is -2.40. The molecule has 0 saturated heterocycles. The molecule has 0 radical (unpaired) electrons. The highest BCUT2D eigenvalue weighted by Gasteiger charge is 2.37. The summed E-state index contributed by atoms with van der Waals surface area (Å²) >= 11 is 2.97. The molecule has 8 nitrogen and oxygen atoms in total. The first kappa shape index (κ1) is 21.7. The van der Waals surface area contributed by atoms with E-state index in [2.05, 4.69) is 22.8 Å². The Morgan fingerprint density at radius 3 is 2.55 bits per heavy atom. The van der Waals surface area contributed by atoms with Crippen molar-refractivity contribution in [2.75, 3.05) is 0 Å². The second kappa shape index (κ2) is 8.33. The van der Waals surface area contributed by atoms with Crippen molar-refractivity contribution in [3.63, 3.8) is 0 Å². The van der Waals surface area contributed by atoms with Crippen LogP contribution >= 0.6 is 23.3 Å². The molecular formula is C23H22N6O2S2. The minimum Gasteiger partial charge on any atom is -0.280 e. The number of hydrogen-bond donors (Lipinski definition) is 1. The maximum atomic E-state index is 13.5. The fourth-order valence-electron chi connectivity index (χ4n) is 3.57. The van der Waals surface area contributed by atoms with Crippen LogP contribution in [-0.2, 0) is 20.1 Å². The summed E-state index contributed by atoms with van der Waals surface area (Å²) in [5, 5.41) is 13.8. The van der Waals surface area contributed by atoms with Crippen molar-refractivity contribution in [2.45, 2.75) is 42.6 Å². The number of nitriles is 1. The minimum atomic E-state index is -0.360. The van der Waals surface area contributed by atoms with Gasteiger partial charge in [-0.1, -0.05) is 12.1 Å². The van der Waals surface area contributed by atoms with Crippen molar-refractivity contribution >= 4 is 33.5 Å². The Hall–Kier alpha value is -3.13. The van der Waals surface area contributed by atoms with Crippen molar-refractivity contribution in [1.29, 1.82) is 5.26 Å². The number of fused-ring (bicyclic) bond motifs is 1. The first-order chi connectivity index (χ1) is 15.8. The molecule has 168 valence electrons. The number of nitrogens with one attached hydrogen (secondary N) is 1. The molecular weight excluding hydrogens is 456 g/mol. The van der Waals surface area contributed by atoms with Crippen LogP contribution in [0.3, 0.4) is 0 Å². The first-order valence-corrected chi connectivity index (χ1v) is 12.2. The normalized spacial score (nSPS) is 14.5. The van der Waals surface area contributed by atoms with Gasteiger partial charge in [0.05, 0.1) is 40.5 Å². The van der Waals surface area contributed by atoms with E-state index in [4.69, 9.17) is 5.26 Å². The molecule has 3 heterocycles. The molecule has 1 fully saturated rings. The SMILES string of the molecule is Cn1cc(Cn2c(=O)c3cc(SNC4(C)CC4)sc3n(Cc3ccc(C#N)cc3)c2=O)cn1. The van der Waals surface area contributed by atoms with E-state index < -0.39 is 0 Å². The standard InChI is InChI=1S/C23H22N6O2S2/c1-23(7-8-23)26-33-19-9-18-20(30)28(14-17-11-25-27(2)12-17)22(31)29(21(18)32-19)13-16-5-3-15(10-24)4-6-16/h3-6,9,11-12,26H,7-8,13-14H2,1-2H3. The third kappa shape index (κ3) is 4.39. The van der Waals surface area contributed by atoms with E-state index >= 15 is 0 Å². The zero-order chi connectivity index (χ0) is 23.2. The molecule has 1 aliphatic carbocycles. The zero-order valence-electron chi connectivity index (χ0n) is 18.2.